The maximum atomic E-state index is 12.4. The number of para-hydroxylation sites is 1. The number of allylic oxidation sites excluding steroid dienone is 2. The van der Waals surface area contributed by atoms with Crippen LogP contribution < -0.4 is 5.32 Å². The monoisotopic (exact) mass is 307 g/mol. The van der Waals surface area contributed by atoms with Gasteiger partial charge in [0.15, 0.2) is 0 Å². The SMILES string of the molecule is CC1=C(C)CC(C(=O)Nc2ccccc2Cl)C(C(=O)O)C1. The smallest absolute Gasteiger partial charge is 0.307 e. The van der Waals surface area contributed by atoms with E-state index in [-0.39, 0.29) is 5.91 Å². The summed E-state index contributed by atoms with van der Waals surface area (Å²) in [6.45, 7) is 3.87. The van der Waals surface area contributed by atoms with Crippen LogP contribution in [-0.4, -0.2) is 17.0 Å². The second-order valence-electron chi connectivity index (χ2n) is 5.49. The minimum absolute atomic E-state index is 0.289. The molecule has 2 atom stereocenters. The third kappa shape index (κ3) is 3.45. The lowest BCUT2D eigenvalue weighted by atomic mass is 9.76. The van der Waals surface area contributed by atoms with E-state index in [0.717, 1.165) is 11.1 Å². The van der Waals surface area contributed by atoms with Gasteiger partial charge in [0, 0.05) is 0 Å². The van der Waals surface area contributed by atoms with Gasteiger partial charge in [0.25, 0.3) is 0 Å². The van der Waals surface area contributed by atoms with Crippen molar-refractivity contribution in [1.29, 1.82) is 0 Å². The fourth-order valence-electron chi connectivity index (χ4n) is 2.62. The zero-order valence-corrected chi connectivity index (χ0v) is 12.8. The predicted molar refractivity (Wildman–Crippen MR) is 82.3 cm³/mol. The van der Waals surface area contributed by atoms with Crippen molar-refractivity contribution in [2.45, 2.75) is 26.7 Å². The molecule has 0 saturated heterocycles. The number of aliphatic carboxylic acids is 1. The number of carbonyl (C=O) groups is 2. The molecule has 0 radical (unpaired) electrons. The molecule has 0 heterocycles. The molecule has 0 aliphatic heterocycles. The van der Waals surface area contributed by atoms with E-state index in [1.807, 2.05) is 13.8 Å². The maximum Gasteiger partial charge on any atom is 0.307 e. The van der Waals surface area contributed by atoms with E-state index in [1.54, 1.807) is 24.3 Å². The molecule has 1 aromatic carbocycles. The number of carboxylic acids is 1. The molecule has 0 aromatic heterocycles. The molecule has 2 rings (SSSR count). The molecule has 0 fully saturated rings. The number of anilines is 1. The Morgan fingerprint density at radius 1 is 1.14 bits per heavy atom. The number of amides is 1. The molecule has 5 heteroatoms. The van der Waals surface area contributed by atoms with Crippen molar-refractivity contribution in [1.82, 2.24) is 0 Å². The molecule has 4 nitrogen and oxygen atoms in total. The van der Waals surface area contributed by atoms with Gasteiger partial charge >= 0.3 is 5.97 Å². The molecule has 1 aromatic rings. The van der Waals surface area contributed by atoms with Crippen molar-refractivity contribution in [3.8, 4) is 0 Å². The van der Waals surface area contributed by atoms with Gasteiger partial charge in [0.2, 0.25) is 5.91 Å². The predicted octanol–water partition coefficient (Wildman–Crippen LogP) is 3.73. The third-order valence-electron chi connectivity index (χ3n) is 4.05. The first-order valence-corrected chi connectivity index (χ1v) is 7.21. The number of hydrogen-bond acceptors (Lipinski definition) is 2. The maximum absolute atomic E-state index is 12.4. The van der Waals surface area contributed by atoms with Crippen molar-refractivity contribution < 1.29 is 14.7 Å². The van der Waals surface area contributed by atoms with Gasteiger partial charge in [0.1, 0.15) is 0 Å². The van der Waals surface area contributed by atoms with Crippen LogP contribution in [0, 0.1) is 11.8 Å². The van der Waals surface area contributed by atoms with Crippen LogP contribution in [0.1, 0.15) is 26.7 Å². The lowest BCUT2D eigenvalue weighted by molar-refractivity contribution is -0.146. The summed E-state index contributed by atoms with van der Waals surface area (Å²) in [4.78, 5) is 23.8. The molecule has 0 bridgehead atoms. The molecule has 0 saturated carbocycles. The van der Waals surface area contributed by atoms with Gasteiger partial charge in [-0.2, -0.15) is 0 Å². The summed E-state index contributed by atoms with van der Waals surface area (Å²) in [5.41, 5.74) is 2.66. The van der Waals surface area contributed by atoms with Crippen LogP contribution in [0.2, 0.25) is 5.02 Å². The van der Waals surface area contributed by atoms with Crippen LogP contribution in [-0.2, 0) is 9.59 Å². The molecule has 21 heavy (non-hydrogen) atoms. The molecule has 1 aliphatic rings. The van der Waals surface area contributed by atoms with Gasteiger partial charge in [-0.1, -0.05) is 34.9 Å². The van der Waals surface area contributed by atoms with E-state index >= 15 is 0 Å². The van der Waals surface area contributed by atoms with Gasteiger partial charge in [0.05, 0.1) is 22.5 Å². The Morgan fingerprint density at radius 3 is 2.29 bits per heavy atom. The summed E-state index contributed by atoms with van der Waals surface area (Å²) in [6.07, 6.45) is 0.890. The second-order valence-corrected chi connectivity index (χ2v) is 5.90. The molecule has 112 valence electrons. The van der Waals surface area contributed by atoms with Crippen molar-refractivity contribution in [3.63, 3.8) is 0 Å². The largest absolute Gasteiger partial charge is 0.481 e. The van der Waals surface area contributed by atoms with E-state index < -0.39 is 17.8 Å². The van der Waals surface area contributed by atoms with Crippen LogP contribution in [0.3, 0.4) is 0 Å². The highest BCUT2D eigenvalue weighted by molar-refractivity contribution is 6.33. The minimum Gasteiger partial charge on any atom is -0.481 e. The number of carboxylic acid groups (broad SMARTS) is 1. The van der Waals surface area contributed by atoms with Crippen LogP contribution >= 0.6 is 11.6 Å². The van der Waals surface area contributed by atoms with E-state index in [2.05, 4.69) is 5.32 Å². The summed E-state index contributed by atoms with van der Waals surface area (Å²) < 4.78 is 0. The summed E-state index contributed by atoms with van der Waals surface area (Å²) in [5.74, 6) is -2.47. The molecule has 0 spiro atoms. The molecule has 1 aliphatic carbocycles. The van der Waals surface area contributed by atoms with Gasteiger partial charge in [-0.3, -0.25) is 9.59 Å². The first kappa shape index (κ1) is 15.6. The van der Waals surface area contributed by atoms with Gasteiger partial charge < -0.3 is 10.4 Å². The first-order chi connectivity index (χ1) is 9.90. The Hall–Kier alpha value is -1.81. The number of rotatable bonds is 3. The second kappa shape index (κ2) is 6.31. The molecule has 2 N–H and O–H groups in total. The van der Waals surface area contributed by atoms with Crippen molar-refractivity contribution in [2.75, 3.05) is 5.32 Å². The minimum atomic E-state index is -0.929. The number of benzene rings is 1. The lowest BCUT2D eigenvalue weighted by Crippen LogP contribution is -2.36. The van der Waals surface area contributed by atoms with Crippen molar-refractivity contribution in [3.05, 3.63) is 40.4 Å². The third-order valence-corrected chi connectivity index (χ3v) is 4.38. The zero-order chi connectivity index (χ0) is 15.6. The Kier molecular flexibility index (Phi) is 4.68. The first-order valence-electron chi connectivity index (χ1n) is 6.83. The molecule has 1 amide bonds. The highest BCUT2D eigenvalue weighted by Crippen LogP contribution is 2.35. The summed E-state index contributed by atoms with van der Waals surface area (Å²) >= 11 is 6.02. The number of hydrogen-bond donors (Lipinski definition) is 2. The highest BCUT2D eigenvalue weighted by atomic mass is 35.5. The topological polar surface area (TPSA) is 66.4 Å². The van der Waals surface area contributed by atoms with E-state index in [1.165, 1.54) is 0 Å². The van der Waals surface area contributed by atoms with Crippen molar-refractivity contribution in [2.24, 2.45) is 11.8 Å². The summed E-state index contributed by atoms with van der Waals surface area (Å²) in [5, 5.41) is 12.5. The van der Waals surface area contributed by atoms with Crippen molar-refractivity contribution >= 4 is 29.2 Å². The van der Waals surface area contributed by atoms with Crippen LogP contribution in [0.25, 0.3) is 0 Å². The highest BCUT2D eigenvalue weighted by Gasteiger charge is 2.37. The quantitative estimate of drug-likeness (QED) is 0.836. The molecular weight excluding hydrogens is 290 g/mol. The normalized spacial score (nSPS) is 22.0. The lowest BCUT2D eigenvalue weighted by Gasteiger charge is -2.29. The Morgan fingerprint density at radius 2 is 1.71 bits per heavy atom. The van der Waals surface area contributed by atoms with Crippen LogP contribution in [0.4, 0.5) is 5.69 Å². The average Bonchev–Trinajstić information content (AvgIpc) is 2.43. The van der Waals surface area contributed by atoms with Gasteiger partial charge in [-0.25, -0.2) is 0 Å². The average molecular weight is 308 g/mol. The van der Waals surface area contributed by atoms with E-state index in [0.29, 0.717) is 23.6 Å². The fourth-order valence-corrected chi connectivity index (χ4v) is 2.80. The number of nitrogens with one attached hydrogen (secondary N) is 1. The Bertz CT molecular complexity index is 609. The van der Waals surface area contributed by atoms with Crippen LogP contribution in [0.5, 0.6) is 0 Å². The zero-order valence-electron chi connectivity index (χ0n) is 12.0. The van der Waals surface area contributed by atoms with Gasteiger partial charge in [-0.05, 0) is 38.8 Å². The number of carbonyl (C=O) groups excluding carboxylic acids is 1. The van der Waals surface area contributed by atoms with E-state index in [4.69, 9.17) is 11.6 Å². The Labute approximate surface area is 128 Å². The number of halogens is 1. The Balaban J connectivity index is 2.21. The fraction of sp³-hybridized carbons (Fsp3) is 0.375. The summed E-state index contributed by atoms with van der Waals surface area (Å²) in [6, 6.07) is 6.93. The summed E-state index contributed by atoms with van der Waals surface area (Å²) in [7, 11) is 0. The molecular formula is C16H18ClNO3. The van der Waals surface area contributed by atoms with Crippen LogP contribution in [0.15, 0.2) is 35.4 Å². The standard InChI is InChI=1S/C16H18ClNO3/c1-9-7-11(12(16(20)21)8-10(9)2)15(19)18-14-6-4-3-5-13(14)17/h3-6,11-12H,7-8H2,1-2H3,(H,18,19)(H,20,21). The van der Waals surface area contributed by atoms with Gasteiger partial charge in [-0.15, -0.1) is 0 Å². The molecule has 2 unspecified atom stereocenters. The van der Waals surface area contributed by atoms with E-state index in [9.17, 15) is 14.7 Å².